The van der Waals surface area contributed by atoms with Crippen molar-refractivity contribution in [3.8, 4) is 10.6 Å². The molecule has 1 saturated carbocycles. The second kappa shape index (κ2) is 6.10. The van der Waals surface area contributed by atoms with Crippen molar-refractivity contribution in [1.82, 2.24) is 4.98 Å². The highest BCUT2D eigenvalue weighted by molar-refractivity contribution is 7.17. The number of ketones is 1. The number of Topliss-reactive ketones (excluding diaryl/α,β-unsaturated/α-hetero) is 1. The van der Waals surface area contributed by atoms with Crippen LogP contribution in [0.1, 0.15) is 65.9 Å². The maximum atomic E-state index is 11.5. The minimum Gasteiger partial charge on any atom is -0.294 e. The van der Waals surface area contributed by atoms with Crippen molar-refractivity contribution in [1.29, 1.82) is 0 Å². The predicted molar refractivity (Wildman–Crippen MR) is 88.1 cm³/mol. The summed E-state index contributed by atoms with van der Waals surface area (Å²) < 4.78 is 0. The van der Waals surface area contributed by atoms with Crippen LogP contribution in [-0.4, -0.2) is 10.8 Å². The Balaban J connectivity index is 1.83. The van der Waals surface area contributed by atoms with Gasteiger partial charge in [0.25, 0.3) is 0 Å². The van der Waals surface area contributed by atoms with E-state index in [1.54, 1.807) is 6.92 Å². The summed E-state index contributed by atoms with van der Waals surface area (Å²) in [4.78, 5) is 16.9. The van der Waals surface area contributed by atoms with Gasteiger partial charge in [0.1, 0.15) is 5.01 Å². The van der Waals surface area contributed by atoms with Crippen molar-refractivity contribution < 1.29 is 4.79 Å². The average molecular weight is 299 g/mol. The van der Waals surface area contributed by atoms with Gasteiger partial charge < -0.3 is 0 Å². The van der Waals surface area contributed by atoms with Crippen LogP contribution in [0.15, 0.2) is 24.3 Å². The molecule has 2 aromatic rings. The van der Waals surface area contributed by atoms with Gasteiger partial charge in [-0.15, -0.1) is 11.3 Å². The Morgan fingerprint density at radius 1 is 1.14 bits per heavy atom. The average Bonchev–Trinajstić information content (AvgIpc) is 2.90. The molecule has 0 spiro atoms. The normalized spacial score (nSPS) is 16.1. The van der Waals surface area contributed by atoms with Crippen molar-refractivity contribution >= 4 is 17.1 Å². The molecular weight excluding hydrogens is 278 g/mol. The van der Waals surface area contributed by atoms with E-state index in [9.17, 15) is 4.79 Å². The summed E-state index contributed by atoms with van der Waals surface area (Å²) in [7, 11) is 0. The number of aryl methyl sites for hydroxylation is 1. The highest BCUT2D eigenvalue weighted by Crippen LogP contribution is 2.34. The molecule has 0 amide bonds. The van der Waals surface area contributed by atoms with Gasteiger partial charge in [-0.1, -0.05) is 43.5 Å². The quantitative estimate of drug-likeness (QED) is 0.713. The molecule has 3 heteroatoms. The Kier molecular flexibility index (Phi) is 4.20. The summed E-state index contributed by atoms with van der Waals surface area (Å²) in [5.74, 6) is 0.841. The molecule has 0 aliphatic heterocycles. The van der Waals surface area contributed by atoms with Gasteiger partial charge in [0.2, 0.25) is 0 Å². The van der Waals surface area contributed by atoms with Crippen LogP contribution in [0, 0.1) is 6.92 Å². The zero-order chi connectivity index (χ0) is 14.8. The number of hydrogen-bond acceptors (Lipinski definition) is 3. The highest BCUT2D eigenvalue weighted by atomic mass is 32.1. The number of hydrogen-bond donors (Lipinski definition) is 0. The first-order valence-corrected chi connectivity index (χ1v) is 8.55. The lowest BCUT2D eigenvalue weighted by Gasteiger charge is -2.21. The van der Waals surface area contributed by atoms with Gasteiger partial charge in [0, 0.05) is 12.5 Å². The van der Waals surface area contributed by atoms with Crippen LogP contribution in [0.25, 0.3) is 10.6 Å². The molecule has 0 radical (unpaired) electrons. The van der Waals surface area contributed by atoms with E-state index < -0.39 is 0 Å². The lowest BCUT2D eigenvalue weighted by molar-refractivity contribution is 0.102. The van der Waals surface area contributed by atoms with Gasteiger partial charge in [-0.3, -0.25) is 4.79 Å². The highest BCUT2D eigenvalue weighted by Gasteiger charge is 2.16. The molecule has 0 N–H and O–H groups in total. The summed E-state index contributed by atoms with van der Waals surface area (Å²) in [6.07, 6.45) is 6.76. The zero-order valence-corrected chi connectivity index (χ0v) is 13.5. The fraction of sp³-hybridized carbons (Fsp3) is 0.444. The standard InChI is InChI=1S/C18H21NOS/c1-12-17(13(2)20)21-18(19-12)16-10-8-15(9-11-16)14-6-4-3-5-7-14/h8-11,14H,3-7H2,1-2H3. The molecule has 0 atom stereocenters. The second-order valence-electron chi connectivity index (χ2n) is 5.95. The minimum atomic E-state index is 0.107. The molecule has 3 rings (SSSR count). The van der Waals surface area contributed by atoms with Crippen LogP contribution in [0.5, 0.6) is 0 Å². The zero-order valence-electron chi connectivity index (χ0n) is 12.7. The summed E-state index contributed by atoms with van der Waals surface area (Å²) in [5, 5.41) is 0.952. The van der Waals surface area contributed by atoms with Crippen LogP contribution in [0.2, 0.25) is 0 Å². The van der Waals surface area contributed by atoms with Crippen molar-refractivity contribution in [2.24, 2.45) is 0 Å². The van der Waals surface area contributed by atoms with E-state index in [0.717, 1.165) is 27.1 Å². The number of nitrogens with zero attached hydrogens (tertiary/aromatic N) is 1. The Morgan fingerprint density at radius 2 is 1.81 bits per heavy atom. The number of rotatable bonds is 3. The Hall–Kier alpha value is -1.48. The summed E-state index contributed by atoms with van der Waals surface area (Å²) in [5.41, 5.74) is 3.42. The van der Waals surface area contributed by atoms with Crippen LogP contribution >= 0.6 is 11.3 Å². The van der Waals surface area contributed by atoms with E-state index >= 15 is 0 Å². The third kappa shape index (κ3) is 3.08. The molecule has 1 aromatic heterocycles. The number of aromatic nitrogens is 1. The van der Waals surface area contributed by atoms with E-state index in [1.807, 2.05) is 6.92 Å². The van der Waals surface area contributed by atoms with Crippen LogP contribution < -0.4 is 0 Å². The Morgan fingerprint density at radius 3 is 2.38 bits per heavy atom. The lowest BCUT2D eigenvalue weighted by atomic mass is 9.84. The van der Waals surface area contributed by atoms with E-state index in [-0.39, 0.29) is 5.78 Å². The molecular formula is C18H21NOS. The van der Waals surface area contributed by atoms with Crippen LogP contribution in [-0.2, 0) is 0 Å². The number of benzene rings is 1. The maximum absolute atomic E-state index is 11.5. The predicted octanol–water partition coefficient (Wildman–Crippen LogP) is 5.37. The fourth-order valence-corrected chi connectivity index (χ4v) is 4.15. The van der Waals surface area contributed by atoms with Crippen molar-refractivity contribution in [2.45, 2.75) is 51.9 Å². The molecule has 1 aromatic carbocycles. The Labute approximate surface area is 130 Å². The van der Waals surface area contributed by atoms with E-state index in [1.165, 1.54) is 49.0 Å². The molecule has 2 nitrogen and oxygen atoms in total. The largest absolute Gasteiger partial charge is 0.294 e. The molecule has 0 saturated heterocycles. The minimum absolute atomic E-state index is 0.107. The van der Waals surface area contributed by atoms with Crippen LogP contribution in [0.4, 0.5) is 0 Å². The molecule has 110 valence electrons. The molecule has 0 bridgehead atoms. The second-order valence-corrected chi connectivity index (χ2v) is 6.95. The molecule has 1 aliphatic rings. The fourth-order valence-electron chi connectivity index (χ4n) is 3.18. The van der Waals surface area contributed by atoms with E-state index in [2.05, 4.69) is 29.2 Å². The van der Waals surface area contributed by atoms with Crippen molar-refractivity contribution in [3.63, 3.8) is 0 Å². The third-order valence-electron chi connectivity index (χ3n) is 4.35. The molecule has 0 unspecified atom stereocenters. The first-order chi connectivity index (χ1) is 10.1. The first kappa shape index (κ1) is 14.5. The van der Waals surface area contributed by atoms with Crippen LogP contribution in [0.3, 0.4) is 0 Å². The van der Waals surface area contributed by atoms with Gasteiger partial charge in [-0.05, 0) is 31.2 Å². The SMILES string of the molecule is CC(=O)c1sc(-c2ccc(C3CCCCC3)cc2)nc1C. The topological polar surface area (TPSA) is 30.0 Å². The molecule has 21 heavy (non-hydrogen) atoms. The van der Waals surface area contributed by atoms with Gasteiger partial charge in [-0.2, -0.15) is 0 Å². The Bertz CT molecular complexity index is 636. The van der Waals surface area contributed by atoms with Gasteiger partial charge in [0.15, 0.2) is 5.78 Å². The number of thiazole rings is 1. The lowest BCUT2D eigenvalue weighted by Crippen LogP contribution is -2.04. The first-order valence-electron chi connectivity index (χ1n) is 7.74. The maximum Gasteiger partial charge on any atom is 0.171 e. The van der Waals surface area contributed by atoms with Gasteiger partial charge in [0.05, 0.1) is 10.6 Å². The van der Waals surface area contributed by atoms with E-state index in [4.69, 9.17) is 0 Å². The van der Waals surface area contributed by atoms with Gasteiger partial charge >= 0.3 is 0 Å². The summed E-state index contributed by atoms with van der Waals surface area (Å²) in [6, 6.07) is 8.81. The third-order valence-corrected chi connectivity index (χ3v) is 5.66. The molecule has 1 heterocycles. The summed E-state index contributed by atoms with van der Waals surface area (Å²) in [6.45, 7) is 3.52. The van der Waals surface area contributed by atoms with Crippen molar-refractivity contribution in [3.05, 3.63) is 40.4 Å². The van der Waals surface area contributed by atoms with Gasteiger partial charge in [-0.25, -0.2) is 4.98 Å². The molecule has 1 aliphatic carbocycles. The smallest absolute Gasteiger partial charge is 0.171 e. The monoisotopic (exact) mass is 299 g/mol. The summed E-state index contributed by atoms with van der Waals surface area (Å²) >= 11 is 1.50. The number of carbonyl (C=O) groups excluding carboxylic acids is 1. The molecule has 1 fully saturated rings. The number of carbonyl (C=O) groups is 1. The van der Waals surface area contributed by atoms with Crippen molar-refractivity contribution in [2.75, 3.05) is 0 Å². The van der Waals surface area contributed by atoms with E-state index in [0.29, 0.717) is 0 Å².